The maximum absolute atomic E-state index is 12.5. The Morgan fingerprint density at radius 3 is 0.981 bits per heavy atom. The molecular weight excluding hydrogens is 800 g/mol. The number of carbonyl (C=O) groups excluding carboxylic acids is 1. The molecule has 3 aliphatic carbocycles. The zero-order chi connectivity index (χ0) is 35.9. The molecule has 0 radical (unpaired) electrons. The van der Waals surface area contributed by atoms with Crippen LogP contribution in [0.15, 0.2) is 211 Å². The van der Waals surface area contributed by atoms with E-state index >= 15 is 0 Å². The van der Waals surface area contributed by atoms with Gasteiger partial charge in [0.2, 0.25) is 0 Å². The molecule has 0 saturated carbocycles. The third kappa shape index (κ3) is 19.1. The quantitative estimate of drug-likeness (QED) is 0.0777. The largest absolute Gasteiger partial charge is 2.00 e. The third-order valence-electron chi connectivity index (χ3n) is 6.75. The number of allylic oxidation sites excluding steroid dienone is 15. The summed E-state index contributed by atoms with van der Waals surface area (Å²) < 4.78 is 21.7. The van der Waals surface area contributed by atoms with E-state index in [1.165, 1.54) is 6.92 Å². The molecule has 11 heteroatoms. The van der Waals surface area contributed by atoms with Crippen molar-refractivity contribution in [3.05, 3.63) is 211 Å². The van der Waals surface area contributed by atoms with Gasteiger partial charge in [0.15, 0.2) is 0 Å². The summed E-state index contributed by atoms with van der Waals surface area (Å²) in [5.41, 5.74) is -0.269. The van der Waals surface area contributed by atoms with Crippen LogP contribution in [0.2, 0.25) is 0 Å². The number of hydrogen-bond acceptors (Lipinski definition) is 8. The molecule has 0 saturated heterocycles. The summed E-state index contributed by atoms with van der Waals surface area (Å²) in [5, 5.41) is 37.5. The van der Waals surface area contributed by atoms with Crippen LogP contribution in [0.3, 0.4) is 0 Å². The number of esters is 1. The van der Waals surface area contributed by atoms with Crippen molar-refractivity contribution in [3.8, 4) is 0 Å². The van der Waals surface area contributed by atoms with Gasteiger partial charge in [0, 0.05) is 30.8 Å². The maximum Gasteiger partial charge on any atom is 2.00 e. The zero-order valence-electron chi connectivity index (χ0n) is 29.0. The number of carbonyl (C=O) groups is 1. The van der Waals surface area contributed by atoms with E-state index < -0.39 is 29.2 Å². The fourth-order valence-corrected chi connectivity index (χ4v) is 3.99. The fraction of sp³-hybridized carbons (Fsp3) is 0.143. The first kappa shape index (κ1) is 48.3. The van der Waals surface area contributed by atoms with E-state index in [0.29, 0.717) is 16.7 Å². The summed E-state index contributed by atoms with van der Waals surface area (Å²) in [4.78, 5) is 12.1. The minimum absolute atomic E-state index is 0. The molecular formula is C42H40Fe3O8. The molecule has 0 aliphatic heterocycles. The Kier molecular flexibility index (Phi) is 25.4. The Bertz CT molecular complexity index is 1440. The van der Waals surface area contributed by atoms with Crippen molar-refractivity contribution in [2.75, 3.05) is 26.4 Å². The molecule has 0 aromatic heterocycles. The van der Waals surface area contributed by atoms with Crippen LogP contribution in [-0.4, -0.2) is 32.4 Å². The Labute approximate surface area is 343 Å². The Morgan fingerprint density at radius 1 is 0.528 bits per heavy atom. The van der Waals surface area contributed by atoms with Gasteiger partial charge in [0.25, 0.3) is 0 Å². The van der Waals surface area contributed by atoms with Crippen LogP contribution in [0.5, 0.6) is 0 Å². The van der Waals surface area contributed by atoms with E-state index in [9.17, 15) is 20.1 Å². The number of hydrogen-bond donors (Lipinski definition) is 0. The normalized spacial score (nSPS) is 12.3. The van der Waals surface area contributed by atoms with E-state index in [1.54, 1.807) is 72.9 Å². The van der Waals surface area contributed by atoms with Gasteiger partial charge in [-0.15, -0.1) is 0 Å². The second kappa shape index (κ2) is 27.9. The minimum Gasteiger partial charge on any atom is -0.612 e. The molecule has 0 N–H and O–H groups in total. The first-order valence-electron chi connectivity index (χ1n) is 15.8. The fourth-order valence-electron chi connectivity index (χ4n) is 3.99. The van der Waals surface area contributed by atoms with E-state index in [4.69, 9.17) is 18.9 Å². The van der Waals surface area contributed by atoms with Gasteiger partial charge in [0.05, 0.1) is 24.4 Å². The van der Waals surface area contributed by atoms with Gasteiger partial charge in [-0.25, -0.2) is 41.2 Å². The van der Waals surface area contributed by atoms with Crippen LogP contribution in [0.25, 0.3) is 0 Å². The van der Waals surface area contributed by atoms with E-state index in [-0.39, 0.29) is 83.2 Å². The predicted molar refractivity (Wildman–Crippen MR) is 188 cm³/mol. The molecule has 8 nitrogen and oxygen atoms in total. The first-order chi connectivity index (χ1) is 24.3. The van der Waals surface area contributed by atoms with Crippen LogP contribution in [-0.2, 0) is 74.9 Å². The number of rotatable bonds is 12. The molecule has 280 valence electrons. The summed E-state index contributed by atoms with van der Waals surface area (Å²) in [7, 11) is 0. The molecule has 3 aromatic carbocycles. The van der Waals surface area contributed by atoms with Crippen LogP contribution < -0.4 is 15.3 Å². The summed E-state index contributed by atoms with van der Waals surface area (Å²) in [5.74, 6) is -2.58. The Hall–Kier alpha value is -4.72. The summed E-state index contributed by atoms with van der Waals surface area (Å²) in [6.07, 6.45) is 19.6. The van der Waals surface area contributed by atoms with Gasteiger partial charge < -0.3 is 34.3 Å². The standard InChI is InChI=1S/C27H28O8.3C5H5.3Fe/c1-19(2)23(28)32-15-27(16-33-24(29)20-9-3-4-10-20,17-34-25(30)21-11-5-6-12-21)18-35-26(31)22-13-7-8-14-22;3*1-2-4-5-3-1;;;/h3-14,29-31H,1,15-18H2,2H3;3*1-5H;;;/q;3*-1;3*+2/p-3. The predicted octanol–water partition coefficient (Wildman–Crippen LogP) is 5.44. The Morgan fingerprint density at radius 2 is 0.774 bits per heavy atom. The van der Waals surface area contributed by atoms with Crippen molar-refractivity contribution in [1.29, 1.82) is 0 Å². The van der Waals surface area contributed by atoms with Crippen molar-refractivity contribution >= 4 is 5.97 Å². The van der Waals surface area contributed by atoms with Gasteiger partial charge in [0.1, 0.15) is 0 Å². The van der Waals surface area contributed by atoms with Gasteiger partial charge in [-0.3, -0.25) is 0 Å². The second-order valence-corrected chi connectivity index (χ2v) is 11.0. The van der Waals surface area contributed by atoms with E-state index in [0.717, 1.165) is 0 Å². The molecule has 0 heterocycles. The van der Waals surface area contributed by atoms with E-state index in [1.807, 2.05) is 91.0 Å². The molecule has 53 heavy (non-hydrogen) atoms. The van der Waals surface area contributed by atoms with Gasteiger partial charge in [-0.05, 0) is 23.6 Å². The van der Waals surface area contributed by atoms with E-state index in [2.05, 4.69) is 6.58 Å². The number of ether oxygens (including phenoxy) is 4. The molecule has 0 atom stereocenters. The monoisotopic (exact) mass is 840 g/mol. The first-order valence-corrected chi connectivity index (χ1v) is 15.8. The summed E-state index contributed by atoms with van der Waals surface area (Å²) in [6.45, 7) is 3.59. The second-order valence-electron chi connectivity index (χ2n) is 11.0. The van der Waals surface area contributed by atoms with Crippen molar-refractivity contribution in [2.45, 2.75) is 6.92 Å². The molecule has 0 unspecified atom stereocenters. The van der Waals surface area contributed by atoms with Crippen molar-refractivity contribution in [2.24, 2.45) is 5.41 Å². The average molecular weight is 840 g/mol. The molecule has 3 aromatic rings. The van der Waals surface area contributed by atoms with Crippen LogP contribution in [0, 0.1) is 5.41 Å². The SMILES string of the molecule is C=C(C)C(=O)OCC(COC([O-])=C1C=CC=C1)(COC([O-])=C1C=CC=C1)COC([O-])=C1C=CC=C1.[Fe+2].[Fe+2].[Fe+2].c1cc[cH-]c1.c1cc[cH-]c1.c1cc[cH-]c1. The van der Waals surface area contributed by atoms with Crippen molar-refractivity contribution in [1.82, 2.24) is 0 Å². The topological polar surface area (TPSA) is 123 Å². The minimum atomic E-state index is -1.38. The van der Waals surface area contributed by atoms with Crippen LogP contribution in [0.1, 0.15) is 6.92 Å². The average Bonchev–Trinajstić information content (AvgIpc) is 3.97. The molecule has 0 fully saturated rings. The van der Waals surface area contributed by atoms with Crippen LogP contribution in [0.4, 0.5) is 0 Å². The Balaban J connectivity index is 0.00000123. The third-order valence-corrected chi connectivity index (χ3v) is 6.75. The van der Waals surface area contributed by atoms with Crippen molar-refractivity contribution < 1.29 is 90.3 Å². The molecule has 6 rings (SSSR count). The molecule has 3 aliphatic rings. The van der Waals surface area contributed by atoms with Gasteiger partial charge in [-0.2, -0.15) is 54.6 Å². The molecule has 0 bridgehead atoms. The molecule has 0 amide bonds. The molecule has 0 spiro atoms. The summed E-state index contributed by atoms with van der Waals surface area (Å²) in [6, 6.07) is 30.0. The van der Waals surface area contributed by atoms with Gasteiger partial charge in [-0.1, -0.05) is 79.5 Å². The van der Waals surface area contributed by atoms with Crippen molar-refractivity contribution in [3.63, 3.8) is 0 Å². The maximum atomic E-state index is 12.5. The van der Waals surface area contributed by atoms with Crippen LogP contribution >= 0.6 is 0 Å². The smallest absolute Gasteiger partial charge is 0.612 e. The summed E-state index contributed by atoms with van der Waals surface area (Å²) >= 11 is 0. The zero-order valence-corrected chi connectivity index (χ0v) is 32.3. The van der Waals surface area contributed by atoms with Gasteiger partial charge >= 0.3 is 57.2 Å².